The second kappa shape index (κ2) is 13.1. The molecule has 2 amide bonds. The van der Waals surface area contributed by atoms with Crippen LogP contribution in [-0.2, 0) is 6.61 Å². The van der Waals surface area contributed by atoms with Gasteiger partial charge in [-0.15, -0.1) is 0 Å². The highest BCUT2D eigenvalue weighted by Crippen LogP contribution is 2.31. The van der Waals surface area contributed by atoms with Crippen molar-refractivity contribution in [2.45, 2.75) is 25.6 Å². The zero-order chi connectivity index (χ0) is 26.2. The van der Waals surface area contributed by atoms with Crippen molar-refractivity contribution >= 4 is 40.1 Å². The Morgan fingerprint density at radius 3 is 2.53 bits per heavy atom. The second-order valence-corrected chi connectivity index (χ2v) is 9.60. The van der Waals surface area contributed by atoms with Gasteiger partial charge < -0.3 is 30.1 Å². The number of likely N-dealkylation sites (N-methyl/N-ethyl adjacent to an activating group) is 1. The summed E-state index contributed by atoms with van der Waals surface area (Å²) in [5.74, 6) is -3.73. The van der Waals surface area contributed by atoms with E-state index in [1.165, 1.54) is 0 Å². The van der Waals surface area contributed by atoms with E-state index in [0.29, 0.717) is 24.4 Å². The molecule has 1 aliphatic heterocycles. The fraction of sp³-hybridized carbons (Fsp3) is 0.500. The van der Waals surface area contributed by atoms with Crippen molar-refractivity contribution in [2.75, 3.05) is 51.6 Å². The summed E-state index contributed by atoms with van der Waals surface area (Å²) in [5.41, 5.74) is -0.890. The van der Waals surface area contributed by atoms with Crippen molar-refractivity contribution in [3.8, 4) is 5.88 Å². The van der Waals surface area contributed by atoms with E-state index in [9.17, 15) is 28.6 Å². The number of hydrogen-bond donors (Lipinski definition) is 4. The lowest BCUT2D eigenvalue weighted by atomic mass is 10.1. The molecular weight excluding hydrogens is 520 g/mol. The smallest absolute Gasteiger partial charge is 0.344 e. The number of hydrogen-bond acceptors (Lipinski definition) is 8. The molecule has 0 radical (unpaired) electrons. The van der Waals surface area contributed by atoms with Gasteiger partial charge in [-0.25, -0.2) is 18.4 Å². The van der Waals surface area contributed by atoms with Gasteiger partial charge in [0.25, 0.3) is 0 Å². The van der Waals surface area contributed by atoms with Crippen LogP contribution in [0.3, 0.4) is 0 Å². The number of halogens is 3. The van der Waals surface area contributed by atoms with Crippen molar-refractivity contribution in [3.05, 3.63) is 39.9 Å². The molecular formula is C22H28ClF2N5O5S. The summed E-state index contributed by atoms with van der Waals surface area (Å²) in [4.78, 5) is 28.5. The molecule has 4 N–H and O–H groups in total. The van der Waals surface area contributed by atoms with E-state index in [1.807, 2.05) is 0 Å². The number of anilines is 1. The molecule has 2 heterocycles. The summed E-state index contributed by atoms with van der Waals surface area (Å²) in [6, 6.07) is 1.13. The van der Waals surface area contributed by atoms with Crippen LogP contribution < -0.4 is 15.4 Å². The Balaban J connectivity index is 1.47. The number of aromatic carboxylic acids is 1. The van der Waals surface area contributed by atoms with Crippen molar-refractivity contribution in [1.82, 2.24) is 19.5 Å². The number of amides is 2. The first-order valence-electron chi connectivity index (χ1n) is 11.3. The third-order valence-corrected chi connectivity index (χ3v) is 6.66. The average Bonchev–Trinajstić information content (AvgIpc) is 3.20. The summed E-state index contributed by atoms with van der Waals surface area (Å²) in [6.07, 6.45) is 0.333. The first-order valence-corrected chi connectivity index (χ1v) is 12.4. The van der Waals surface area contributed by atoms with Crippen LogP contribution in [0.4, 0.5) is 18.6 Å². The van der Waals surface area contributed by atoms with Crippen molar-refractivity contribution in [1.29, 1.82) is 0 Å². The monoisotopic (exact) mass is 547 g/mol. The number of urea groups is 1. The van der Waals surface area contributed by atoms with Crippen LogP contribution in [0.2, 0.25) is 5.02 Å². The number of carbonyl (C=O) groups excluding carboxylic acids is 1. The SMILES string of the molecule is CN1CCN(CCC(O)CCNC(=O)Nc2snc(OCc3c(F)cc(Cl)cc3F)c2C(=O)O)CC1. The van der Waals surface area contributed by atoms with Gasteiger partial charge in [0.05, 0.1) is 11.7 Å². The highest BCUT2D eigenvalue weighted by molar-refractivity contribution is 7.11. The van der Waals surface area contributed by atoms with Crippen LogP contribution in [0, 0.1) is 11.6 Å². The van der Waals surface area contributed by atoms with Crippen LogP contribution >= 0.6 is 23.1 Å². The number of carbonyl (C=O) groups is 2. The van der Waals surface area contributed by atoms with Crippen LogP contribution in [0.15, 0.2) is 12.1 Å². The molecule has 1 aromatic carbocycles. The maximum absolute atomic E-state index is 14.0. The van der Waals surface area contributed by atoms with E-state index in [1.54, 1.807) is 0 Å². The molecule has 36 heavy (non-hydrogen) atoms. The molecule has 1 atom stereocenters. The van der Waals surface area contributed by atoms with Crippen molar-refractivity contribution in [2.24, 2.45) is 0 Å². The zero-order valence-corrected chi connectivity index (χ0v) is 21.2. The van der Waals surface area contributed by atoms with Crippen molar-refractivity contribution in [3.63, 3.8) is 0 Å². The van der Waals surface area contributed by atoms with E-state index in [4.69, 9.17) is 16.3 Å². The molecule has 1 aliphatic rings. The summed E-state index contributed by atoms with van der Waals surface area (Å²) in [7, 11) is 2.08. The first-order chi connectivity index (χ1) is 17.1. The number of carboxylic acid groups (broad SMARTS) is 1. The Hall–Kier alpha value is -2.58. The largest absolute Gasteiger partial charge is 0.477 e. The van der Waals surface area contributed by atoms with Gasteiger partial charge in [-0.05, 0) is 43.6 Å². The van der Waals surface area contributed by atoms with Gasteiger partial charge in [0.2, 0.25) is 5.88 Å². The second-order valence-electron chi connectivity index (χ2n) is 8.39. The summed E-state index contributed by atoms with van der Waals surface area (Å²) in [6.45, 7) is 4.23. The maximum Gasteiger partial charge on any atom is 0.344 e. The molecule has 1 aromatic heterocycles. The van der Waals surface area contributed by atoms with Gasteiger partial charge >= 0.3 is 12.0 Å². The quantitative estimate of drug-likeness (QED) is 0.338. The fourth-order valence-corrected chi connectivity index (χ4v) is 4.46. The molecule has 0 bridgehead atoms. The summed E-state index contributed by atoms with van der Waals surface area (Å²) >= 11 is 6.24. The van der Waals surface area contributed by atoms with Gasteiger partial charge in [-0.1, -0.05) is 11.6 Å². The fourth-order valence-electron chi connectivity index (χ4n) is 3.55. The highest BCUT2D eigenvalue weighted by atomic mass is 35.5. The van der Waals surface area contributed by atoms with E-state index < -0.39 is 53.4 Å². The topological polar surface area (TPSA) is 127 Å². The lowest BCUT2D eigenvalue weighted by molar-refractivity contribution is 0.0693. The lowest BCUT2D eigenvalue weighted by Gasteiger charge is -2.32. The van der Waals surface area contributed by atoms with Gasteiger partial charge in [-0.3, -0.25) is 5.32 Å². The molecule has 10 nitrogen and oxygen atoms in total. The molecule has 1 unspecified atom stereocenters. The number of carboxylic acids is 1. The number of piperazine rings is 1. The van der Waals surface area contributed by atoms with Crippen molar-refractivity contribution < 1.29 is 33.3 Å². The minimum absolute atomic E-state index is 0.109. The van der Waals surface area contributed by atoms with E-state index in [-0.39, 0.29) is 16.6 Å². The number of benzene rings is 1. The normalized spacial score (nSPS) is 15.5. The number of ether oxygens (including phenoxy) is 1. The highest BCUT2D eigenvalue weighted by Gasteiger charge is 2.24. The van der Waals surface area contributed by atoms with Gasteiger partial charge in [0.15, 0.2) is 5.56 Å². The molecule has 3 rings (SSSR count). The maximum atomic E-state index is 14.0. The number of aliphatic hydroxyl groups excluding tert-OH is 1. The Kier molecular flexibility index (Phi) is 10.2. The number of rotatable bonds is 11. The average molecular weight is 548 g/mol. The molecule has 14 heteroatoms. The number of nitrogens with one attached hydrogen (secondary N) is 2. The third-order valence-electron chi connectivity index (χ3n) is 5.70. The Bertz CT molecular complexity index is 1040. The van der Waals surface area contributed by atoms with Gasteiger partial charge in [-0.2, -0.15) is 4.37 Å². The Labute approximate surface area is 216 Å². The molecule has 1 fully saturated rings. The van der Waals surface area contributed by atoms with E-state index >= 15 is 0 Å². The van der Waals surface area contributed by atoms with Crippen LogP contribution in [0.1, 0.15) is 28.8 Å². The molecule has 2 aromatic rings. The zero-order valence-electron chi connectivity index (χ0n) is 19.6. The standard InChI is InChI=1S/C22H28ClF2N5O5S/c1-29-6-8-30(9-7-29)5-3-14(31)2-4-26-22(34)27-20-18(21(32)33)19(28-36-20)35-12-15-16(24)10-13(23)11-17(15)25/h10-11,14,31H,2-9,12H2,1H3,(H,32,33)(H2,26,27,34). The summed E-state index contributed by atoms with van der Waals surface area (Å²) < 4.78 is 37.0. The Morgan fingerprint density at radius 1 is 1.22 bits per heavy atom. The minimum atomic E-state index is -1.44. The van der Waals surface area contributed by atoms with E-state index in [0.717, 1.165) is 44.9 Å². The number of aliphatic hydroxyl groups is 1. The first kappa shape index (κ1) is 28.0. The molecule has 0 aliphatic carbocycles. The Morgan fingerprint density at radius 2 is 1.89 bits per heavy atom. The van der Waals surface area contributed by atoms with Gasteiger partial charge in [0, 0.05) is 44.3 Å². The van der Waals surface area contributed by atoms with Crippen LogP contribution in [0.5, 0.6) is 5.88 Å². The molecule has 0 saturated carbocycles. The number of aromatic nitrogens is 1. The van der Waals surface area contributed by atoms with Gasteiger partial charge in [0.1, 0.15) is 23.2 Å². The van der Waals surface area contributed by atoms with Crippen LogP contribution in [0.25, 0.3) is 0 Å². The lowest BCUT2D eigenvalue weighted by Crippen LogP contribution is -2.45. The predicted octanol–water partition coefficient (Wildman–Crippen LogP) is 2.86. The molecule has 198 valence electrons. The van der Waals surface area contributed by atoms with E-state index in [2.05, 4.69) is 31.9 Å². The van der Waals surface area contributed by atoms with Crippen LogP contribution in [-0.4, -0.2) is 88.8 Å². The third kappa shape index (κ3) is 7.96. The molecule has 1 saturated heterocycles. The predicted molar refractivity (Wildman–Crippen MR) is 131 cm³/mol. The molecule has 0 spiro atoms. The number of nitrogens with zero attached hydrogens (tertiary/aromatic N) is 3. The summed E-state index contributed by atoms with van der Waals surface area (Å²) in [5, 5.41) is 24.4. The minimum Gasteiger partial charge on any atom is -0.477 e.